The molecule has 0 aliphatic carbocycles. The Kier molecular flexibility index (Phi) is 7.98. The highest BCUT2D eigenvalue weighted by Crippen LogP contribution is 2.26. The van der Waals surface area contributed by atoms with Crippen molar-refractivity contribution < 1.29 is 24.6 Å². The number of rotatable bonds is 4. The molecule has 0 radical (unpaired) electrons. The van der Waals surface area contributed by atoms with Gasteiger partial charge in [-0.25, -0.2) is 9.59 Å². The van der Waals surface area contributed by atoms with E-state index < -0.39 is 11.9 Å². The minimum atomic E-state index is -1.82. The van der Waals surface area contributed by atoms with Crippen LogP contribution in [0.2, 0.25) is 5.02 Å². The van der Waals surface area contributed by atoms with Crippen LogP contribution in [0, 0.1) is 0 Å². The van der Waals surface area contributed by atoms with E-state index in [9.17, 15) is 4.79 Å². The minimum absolute atomic E-state index is 0.126. The number of carboxylic acids is 2. The first kappa shape index (κ1) is 21.4. The number of nitrogens with one attached hydrogen (secondary N) is 1. The fourth-order valence-corrected chi connectivity index (χ4v) is 2.93. The maximum atomic E-state index is 12.4. The molecule has 1 aliphatic rings. The van der Waals surface area contributed by atoms with Gasteiger partial charge in [0.2, 0.25) is 5.91 Å². The van der Waals surface area contributed by atoms with Crippen molar-refractivity contribution in [3.63, 3.8) is 0 Å². The van der Waals surface area contributed by atoms with Gasteiger partial charge in [-0.15, -0.1) is 0 Å². The Morgan fingerprint density at radius 3 is 2.29 bits per heavy atom. The number of nitrogens with zero attached hydrogens (tertiary/aromatic N) is 1. The first-order chi connectivity index (χ1) is 13.4. The number of halogens is 1. The summed E-state index contributed by atoms with van der Waals surface area (Å²) in [5.41, 5.74) is 3.45. The van der Waals surface area contributed by atoms with E-state index >= 15 is 0 Å². The molecule has 0 aromatic heterocycles. The second-order valence-corrected chi connectivity index (χ2v) is 6.55. The van der Waals surface area contributed by atoms with Crippen LogP contribution in [0.25, 0.3) is 0 Å². The van der Waals surface area contributed by atoms with Crippen molar-refractivity contribution in [3.8, 4) is 0 Å². The predicted octanol–water partition coefficient (Wildman–Crippen LogP) is 2.56. The zero-order valence-corrected chi connectivity index (χ0v) is 15.9. The van der Waals surface area contributed by atoms with E-state index in [0.717, 1.165) is 35.7 Å². The molecule has 0 atom stereocenters. The molecule has 0 spiro atoms. The van der Waals surface area contributed by atoms with E-state index in [0.29, 0.717) is 13.1 Å². The molecule has 0 saturated carbocycles. The van der Waals surface area contributed by atoms with Crippen LogP contribution in [0.3, 0.4) is 0 Å². The Labute approximate surface area is 167 Å². The fourth-order valence-electron chi connectivity index (χ4n) is 2.80. The summed E-state index contributed by atoms with van der Waals surface area (Å²) in [7, 11) is 0. The Hall–Kier alpha value is -2.90. The van der Waals surface area contributed by atoms with Crippen LogP contribution < -0.4 is 10.2 Å². The van der Waals surface area contributed by atoms with Gasteiger partial charge in [-0.3, -0.25) is 4.79 Å². The molecule has 8 heteroatoms. The standard InChI is InChI=1S/C18H19ClN2O.C2H2O4/c19-16-9-7-14(8-10-16)12-20-13-18(22)21-11-3-5-15-4-1-2-6-17(15)21;3-1(4)2(5)6/h1-2,4,6-10,20H,3,5,11-13H2;(H,3,4)(H,5,6). The monoisotopic (exact) mass is 404 g/mol. The number of carbonyl (C=O) groups is 3. The summed E-state index contributed by atoms with van der Waals surface area (Å²) in [6.45, 7) is 1.81. The number of anilines is 1. The van der Waals surface area contributed by atoms with Crippen molar-refractivity contribution in [2.75, 3.05) is 18.0 Å². The highest BCUT2D eigenvalue weighted by molar-refractivity contribution is 6.30. The number of aryl methyl sites for hydroxylation is 1. The molecule has 1 heterocycles. The number of amides is 1. The van der Waals surface area contributed by atoms with Crippen LogP contribution in [0.4, 0.5) is 5.69 Å². The van der Waals surface area contributed by atoms with Crippen LogP contribution >= 0.6 is 11.6 Å². The minimum Gasteiger partial charge on any atom is -0.473 e. The SMILES string of the molecule is O=C(CNCc1ccc(Cl)cc1)N1CCCc2ccccc21.O=C(O)C(=O)O. The van der Waals surface area contributed by atoms with E-state index in [4.69, 9.17) is 31.4 Å². The van der Waals surface area contributed by atoms with E-state index in [-0.39, 0.29) is 5.91 Å². The first-order valence-corrected chi connectivity index (χ1v) is 9.06. The molecule has 3 N–H and O–H groups in total. The Morgan fingerprint density at radius 1 is 1.00 bits per heavy atom. The molecule has 0 fully saturated rings. The maximum absolute atomic E-state index is 12.4. The lowest BCUT2D eigenvalue weighted by Gasteiger charge is -2.29. The number of carboxylic acid groups (broad SMARTS) is 2. The molecule has 2 aromatic rings. The zero-order valence-electron chi connectivity index (χ0n) is 15.1. The summed E-state index contributed by atoms with van der Waals surface area (Å²) >= 11 is 5.86. The first-order valence-electron chi connectivity index (χ1n) is 8.68. The van der Waals surface area contributed by atoms with Gasteiger partial charge in [0.25, 0.3) is 0 Å². The van der Waals surface area contributed by atoms with Crippen LogP contribution in [-0.2, 0) is 27.3 Å². The summed E-state index contributed by atoms with van der Waals surface area (Å²) in [4.78, 5) is 32.5. The molecule has 7 nitrogen and oxygen atoms in total. The maximum Gasteiger partial charge on any atom is 0.414 e. The summed E-state index contributed by atoms with van der Waals surface area (Å²) < 4.78 is 0. The fraction of sp³-hybridized carbons (Fsp3) is 0.250. The molecule has 0 bridgehead atoms. The van der Waals surface area contributed by atoms with E-state index in [1.807, 2.05) is 47.4 Å². The second-order valence-electron chi connectivity index (χ2n) is 6.12. The van der Waals surface area contributed by atoms with Crippen molar-refractivity contribution >= 4 is 35.1 Å². The van der Waals surface area contributed by atoms with Crippen molar-refractivity contribution in [1.82, 2.24) is 5.32 Å². The number of aliphatic carboxylic acids is 2. The Morgan fingerprint density at radius 2 is 1.64 bits per heavy atom. The van der Waals surface area contributed by atoms with Crippen LogP contribution in [0.5, 0.6) is 0 Å². The molecule has 1 amide bonds. The smallest absolute Gasteiger partial charge is 0.414 e. The van der Waals surface area contributed by atoms with E-state index in [1.54, 1.807) is 0 Å². The molecule has 28 heavy (non-hydrogen) atoms. The number of para-hydroxylation sites is 1. The molecular formula is C20H21ClN2O5. The average molecular weight is 405 g/mol. The lowest BCUT2D eigenvalue weighted by Crippen LogP contribution is -2.41. The van der Waals surface area contributed by atoms with Gasteiger partial charge < -0.3 is 20.4 Å². The number of carbonyl (C=O) groups excluding carboxylic acids is 1. The van der Waals surface area contributed by atoms with Gasteiger partial charge in [0.05, 0.1) is 6.54 Å². The number of fused-ring (bicyclic) bond motifs is 1. The third-order valence-corrected chi connectivity index (χ3v) is 4.36. The zero-order chi connectivity index (χ0) is 20.5. The lowest BCUT2D eigenvalue weighted by atomic mass is 10.0. The highest BCUT2D eigenvalue weighted by atomic mass is 35.5. The van der Waals surface area contributed by atoms with Gasteiger partial charge in [0, 0.05) is 23.8 Å². The molecule has 148 valence electrons. The van der Waals surface area contributed by atoms with Crippen LogP contribution in [0.15, 0.2) is 48.5 Å². The summed E-state index contributed by atoms with van der Waals surface area (Å²) in [5.74, 6) is -3.52. The molecule has 0 saturated heterocycles. The topological polar surface area (TPSA) is 107 Å². The average Bonchev–Trinajstić information content (AvgIpc) is 2.69. The number of hydrogen-bond acceptors (Lipinski definition) is 4. The van der Waals surface area contributed by atoms with Crippen molar-refractivity contribution in [1.29, 1.82) is 0 Å². The lowest BCUT2D eigenvalue weighted by molar-refractivity contribution is -0.159. The highest BCUT2D eigenvalue weighted by Gasteiger charge is 2.21. The van der Waals surface area contributed by atoms with Gasteiger partial charge in [-0.2, -0.15) is 0 Å². The van der Waals surface area contributed by atoms with Crippen LogP contribution in [0.1, 0.15) is 17.5 Å². The number of benzene rings is 2. The third-order valence-electron chi connectivity index (χ3n) is 4.11. The quantitative estimate of drug-likeness (QED) is 0.676. The Bertz CT molecular complexity index is 827. The van der Waals surface area contributed by atoms with Crippen molar-refractivity contribution in [2.45, 2.75) is 19.4 Å². The summed E-state index contributed by atoms with van der Waals surface area (Å²) in [5, 5.41) is 18.7. The molecule has 1 aliphatic heterocycles. The number of hydrogen-bond donors (Lipinski definition) is 3. The molecule has 0 unspecified atom stereocenters. The van der Waals surface area contributed by atoms with Gasteiger partial charge in [-0.05, 0) is 42.2 Å². The van der Waals surface area contributed by atoms with Crippen LogP contribution in [-0.4, -0.2) is 41.1 Å². The van der Waals surface area contributed by atoms with Gasteiger partial charge in [0.1, 0.15) is 0 Å². The molecule has 2 aromatic carbocycles. The second kappa shape index (κ2) is 10.4. The van der Waals surface area contributed by atoms with Gasteiger partial charge in [-0.1, -0.05) is 41.9 Å². The van der Waals surface area contributed by atoms with Gasteiger partial charge in [0.15, 0.2) is 0 Å². The Balaban J connectivity index is 0.000000409. The largest absolute Gasteiger partial charge is 0.473 e. The predicted molar refractivity (Wildman–Crippen MR) is 106 cm³/mol. The van der Waals surface area contributed by atoms with Crippen molar-refractivity contribution in [3.05, 3.63) is 64.7 Å². The normalized spacial score (nSPS) is 12.4. The van der Waals surface area contributed by atoms with E-state index in [2.05, 4.69) is 11.4 Å². The summed E-state index contributed by atoms with van der Waals surface area (Å²) in [6.07, 6.45) is 2.08. The van der Waals surface area contributed by atoms with Crippen molar-refractivity contribution in [2.24, 2.45) is 0 Å². The molecular weight excluding hydrogens is 384 g/mol. The third kappa shape index (κ3) is 6.37. The van der Waals surface area contributed by atoms with Gasteiger partial charge >= 0.3 is 11.9 Å². The van der Waals surface area contributed by atoms with E-state index in [1.165, 1.54) is 5.56 Å². The summed E-state index contributed by atoms with van der Waals surface area (Å²) in [6, 6.07) is 15.8. The molecule has 3 rings (SSSR count).